The lowest BCUT2D eigenvalue weighted by atomic mass is 9.92. The van der Waals surface area contributed by atoms with E-state index in [4.69, 9.17) is 14.2 Å². The van der Waals surface area contributed by atoms with Crippen molar-refractivity contribution in [1.82, 2.24) is 29.7 Å². The summed E-state index contributed by atoms with van der Waals surface area (Å²) in [6.45, 7) is 0.412. The molecule has 2 aromatic carbocycles. The molecule has 3 amide bonds. The molecule has 4 aromatic heterocycles. The summed E-state index contributed by atoms with van der Waals surface area (Å²) in [7, 11) is 2.08. The van der Waals surface area contributed by atoms with E-state index in [0.717, 1.165) is 46.0 Å². The number of nitrogens with zero attached hydrogens (tertiary/aromatic N) is 5. The monoisotopic (exact) mass is 718 g/mol. The molecule has 3 aliphatic rings. The van der Waals surface area contributed by atoms with Crippen molar-refractivity contribution in [1.29, 1.82) is 0 Å². The summed E-state index contributed by atoms with van der Waals surface area (Å²) in [6, 6.07) is 20.7. The molecule has 268 valence electrons. The number of piperidine rings is 1. The van der Waals surface area contributed by atoms with E-state index in [9.17, 15) is 14.4 Å². The molecule has 1 unspecified atom stereocenters. The molecular formula is C42H34N6O6. The number of benzene rings is 2. The first-order valence-corrected chi connectivity index (χ1v) is 17.8. The number of aryl methyl sites for hydroxylation is 1. The first kappa shape index (κ1) is 33.1. The van der Waals surface area contributed by atoms with Gasteiger partial charge in [0, 0.05) is 84.9 Å². The number of amides is 3. The molecule has 12 heteroatoms. The molecule has 0 bridgehead atoms. The third-order valence-electron chi connectivity index (χ3n) is 10.3. The second-order valence-electron chi connectivity index (χ2n) is 13.7. The quantitative estimate of drug-likeness (QED) is 0.163. The fourth-order valence-electron chi connectivity index (χ4n) is 7.34. The zero-order valence-electron chi connectivity index (χ0n) is 29.3. The number of pyridine rings is 3. The maximum absolute atomic E-state index is 12.9. The van der Waals surface area contributed by atoms with Gasteiger partial charge in [-0.3, -0.25) is 24.7 Å². The molecule has 6 heterocycles. The van der Waals surface area contributed by atoms with Crippen molar-refractivity contribution >= 4 is 39.5 Å². The Labute approximate surface area is 310 Å². The number of imide groups is 1. The van der Waals surface area contributed by atoms with Gasteiger partial charge >= 0.3 is 0 Å². The van der Waals surface area contributed by atoms with E-state index >= 15 is 0 Å². The molecule has 9 rings (SSSR count). The standard InChI is InChI=1S/C42H34N6O6/c1-47-36-14-15-43-23-35(36)34-9-4-25(18-38(34)47)26-5-13-40(45-21-26)54-32-19-31(20-32)53-30-7-6-28(44-22-30)3-2-16-52-29-8-10-33-27(17-29)24-48(42(33)51)37-11-12-39(49)46-41(37)50/h4-10,13-15,17-18,21-23,31-32,37H,11-12,16,19-20,24H2,1H3,(H,46,49,50)/t31-,32-,37?. The van der Waals surface area contributed by atoms with Crippen molar-refractivity contribution in [2.24, 2.45) is 7.05 Å². The van der Waals surface area contributed by atoms with Gasteiger partial charge in [-0.1, -0.05) is 18.1 Å². The van der Waals surface area contributed by atoms with E-state index in [2.05, 4.69) is 61.9 Å². The van der Waals surface area contributed by atoms with Crippen LogP contribution in [0.15, 0.2) is 91.5 Å². The molecule has 1 atom stereocenters. The van der Waals surface area contributed by atoms with Crippen molar-refractivity contribution < 1.29 is 28.6 Å². The van der Waals surface area contributed by atoms with Gasteiger partial charge in [-0.25, -0.2) is 9.97 Å². The van der Waals surface area contributed by atoms with Crippen molar-refractivity contribution in [3.05, 3.63) is 108 Å². The summed E-state index contributed by atoms with van der Waals surface area (Å²) < 4.78 is 20.2. The van der Waals surface area contributed by atoms with Crippen LogP contribution in [0, 0.1) is 11.8 Å². The number of fused-ring (bicyclic) bond motifs is 4. The Morgan fingerprint density at radius 2 is 1.69 bits per heavy atom. The van der Waals surface area contributed by atoms with Crippen LogP contribution in [-0.4, -0.2) is 67.0 Å². The maximum atomic E-state index is 12.9. The summed E-state index contributed by atoms with van der Waals surface area (Å²) in [5, 5.41) is 4.64. The molecule has 54 heavy (non-hydrogen) atoms. The Morgan fingerprint density at radius 1 is 0.833 bits per heavy atom. The summed E-state index contributed by atoms with van der Waals surface area (Å²) in [4.78, 5) is 51.5. The fourth-order valence-corrected chi connectivity index (χ4v) is 7.34. The molecule has 6 aromatic rings. The highest BCUT2D eigenvalue weighted by Crippen LogP contribution is 2.33. The number of rotatable bonds is 8. The van der Waals surface area contributed by atoms with Crippen molar-refractivity contribution in [2.75, 3.05) is 6.61 Å². The number of hydrogen-bond donors (Lipinski definition) is 1. The van der Waals surface area contributed by atoms with Crippen LogP contribution < -0.4 is 19.5 Å². The molecule has 1 saturated heterocycles. The zero-order valence-corrected chi connectivity index (χ0v) is 29.3. The summed E-state index contributed by atoms with van der Waals surface area (Å²) in [5.74, 6) is 6.83. The van der Waals surface area contributed by atoms with Gasteiger partial charge in [-0.2, -0.15) is 0 Å². The minimum absolute atomic E-state index is 0.0302. The lowest BCUT2D eigenvalue weighted by Crippen LogP contribution is -2.52. The van der Waals surface area contributed by atoms with Gasteiger partial charge in [0.2, 0.25) is 17.7 Å². The normalized spacial score (nSPS) is 19.2. The summed E-state index contributed by atoms with van der Waals surface area (Å²) >= 11 is 0. The van der Waals surface area contributed by atoms with Gasteiger partial charge < -0.3 is 23.7 Å². The average Bonchev–Trinajstić information content (AvgIpc) is 3.65. The Morgan fingerprint density at radius 3 is 2.50 bits per heavy atom. The maximum Gasteiger partial charge on any atom is 0.255 e. The van der Waals surface area contributed by atoms with Gasteiger partial charge in [-0.15, -0.1) is 0 Å². The minimum Gasteiger partial charge on any atom is -0.489 e. The SMILES string of the molecule is Cn1c2ccncc2c2ccc(-c3ccc(O[C@H]4C[C@H](Oc5ccc(C#CCOc6ccc7c(c6)CN(C6CCC(=O)NC6=O)C7=O)nc5)C4)nc3)cc21. The molecule has 0 spiro atoms. The van der Waals surface area contributed by atoms with Gasteiger partial charge in [0.1, 0.15) is 42.0 Å². The molecule has 1 aliphatic carbocycles. The van der Waals surface area contributed by atoms with E-state index in [1.165, 1.54) is 10.3 Å². The van der Waals surface area contributed by atoms with Crippen LogP contribution in [0.4, 0.5) is 0 Å². The van der Waals surface area contributed by atoms with Gasteiger partial charge in [0.15, 0.2) is 0 Å². The number of nitrogens with one attached hydrogen (secondary N) is 1. The summed E-state index contributed by atoms with van der Waals surface area (Å²) in [5.41, 5.74) is 6.31. The lowest BCUT2D eigenvalue weighted by molar-refractivity contribution is -0.136. The Kier molecular flexibility index (Phi) is 8.38. The highest BCUT2D eigenvalue weighted by Gasteiger charge is 2.39. The predicted octanol–water partition coefficient (Wildman–Crippen LogP) is 5.36. The lowest BCUT2D eigenvalue weighted by Gasteiger charge is -2.34. The topological polar surface area (TPSA) is 138 Å². The first-order valence-electron chi connectivity index (χ1n) is 17.8. The second-order valence-corrected chi connectivity index (χ2v) is 13.7. The van der Waals surface area contributed by atoms with Crippen LogP contribution in [0.1, 0.15) is 47.3 Å². The van der Waals surface area contributed by atoms with Crippen LogP contribution in [-0.2, 0) is 23.2 Å². The minimum atomic E-state index is -0.655. The molecule has 12 nitrogen and oxygen atoms in total. The van der Waals surface area contributed by atoms with E-state index in [-0.39, 0.29) is 43.6 Å². The molecule has 1 N–H and O–H groups in total. The number of carbonyl (C=O) groups is 3. The second kappa shape index (κ2) is 13.7. The third-order valence-corrected chi connectivity index (χ3v) is 10.3. The van der Waals surface area contributed by atoms with Crippen molar-refractivity contribution in [2.45, 2.75) is 50.5 Å². The van der Waals surface area contributed by atoms with Gasteiger partial charge in [0.05, 0.1) is 11.7 Å². The fraction of sp³-hybridized carbons (Fsp3) is 0.238. The van der Waals surface area contributed by atoms with Gasteiger partial charge in [0.25, 0.3) is 5.91 Å². The highest BCUT2D eigenvalue weighted by atomic mass is 16.5. The van der Waals surface area contributed by atoms with Crippen molar-refractivity contribution in [3.8, 4) is 40.3 Å². The molecule has 1 saturated carbocycles. The number of hydrogen-bond acceptors (Lipinski definition) is 9. The Bertz CT molecular complexity index is 2510. The smallest absolute Gasteiger partial charge is 0.255 e. The van der Waals surface area contributed by atoms with E-state index in [1.807, 2.05) is 42.9 Å². The first-order chi connectivity index (χ1) is 26.4. The van der Waals surface area contributed by atoms with Crippen LogP contribution in [0.2, 0.25) is 0 Å². The summed E-state index contributed by atoms with van der Waals surface area (Å²) in [6.07, 6.45) is 9.35. The largest absolute Gasteiger partial charge is 0.489 e. The Balaban J connectivity index is 0.729. The average molecular weight is 719 g/mol. The molecule has 2 aliphatic heterocycles. The molecule has 0 radical (unpaired) electrons. The Hall–Kier alpha value is -6.74. The number of carbonyl (C=O) groups excluding carboxylic acids is 3. The van der Waals surface area contributed by atoms with Crippen LogP contribution >= 0.6 is 0 Å². The van der Waals surface area contributed by atoms with Crippen LogP contribution in [0.5, 0.6) is 17.4 Å². The van der Waals surface area contributed by atoms with E-state index < -0.39 is 11.9 Å². The molecular weight excluding hydrogens is 684 g/mol. The van der Waals surface area contributed by atoms with Crippen molar-refractivity contribution in [3.63, 3.8) is 0 Å². The van der Waals surface area contributed by atoms with Gasteiger partial charge in [-0.05, 0) is 72.0 Å². The van der Waals surface area contributed by atoms with E-state index in [1.54, 1.807) is 30.5 Å². The van der Waals surface area contributed by atoms with Crippen LogP contribution in [0.25, 0.3) is 32.9 Å². The van der Waals surface area contributed by atoms with E-state index in [0.29, 0.717) is 35.1 Å². The number of ether oxygens (including phenoxy) is 3. The molecule has 2 fully saturated rings. The number of aromatic nitrogens is 4. The predicted molar refractivity (Wildman–Crippen MR) is 199 cm³/mol. The highest BCUT2D eigenvalue weighted by molar-refractivity contribution is 6.08. The third kappa shape index (κ3) is 6.34. The van der Waals surface area contributed by atoms with Crippen LogP contribution in [0.3, 0.4) is 0 Å². The zero-order chi connectivity index (χ0) is 36.8.